The fraction of sp³-hybridized carbons (Fsp3) is 0.636. The molecule has 1 heteroatoms. The van der Waals surface area contributed by atoms with E-state index < -0.39 is 0 Å². The molecule has 1 aromatic rings. The first kappa shape index (κ1) is 9.79. The van der Waals surface area contributed by atoms with Crippen LogP contribution >= 0.6 is 11.3 Å². The summed E-state index contributed by atoms with van der Waals surface area (Å²) < 4.78 is 0. The van der Waals surface area contributed by atoms with E-state index in [1.165, 1.54) is 24.1 Å². The molecule has 0 aliphatic rings. The van der Waals surface area contributed by atoms with Crippen LogP contribution in [0.2, 0.25) is 0 Å². The van der Waals surface area contributed by atoms with Crippen molar-refractivity contribution in [1.82, 2.24) is 0 Å². The van der Waals surface area contributed by atoms with Gasteiger partial charge in [-0.15, -0.1) is 11.3 Å². The van der Waals surface area contributed by atoms with Gasteiger partial charge in [-0.1, -0.05) is 33.3 Å². The molecule has 0 N–H and O–H groups in total. The minimum absolute atomic E-state index is 0.486. The van der Waals surface area contributed by atoms with Crippen molar-refractivity contribution in [2.45, 2.75) is 40.0 Å². The third-order valence-corrected chi connectivity index (χ3v) is 3.04. The number of hydrogen-bond donors (Lipinski definition) is 0. The van der Waals surface area contributed by atoms with Gasteiger partial charge in [0.2, 0.25) is 0 Å². The average Bonchev–Trinajstić information content (AvgIpc) is 2.38. The summed E-state index contributed by atoms with van der Waals surface area (Å²) in [5.41, 5.74) is 0.486. The zero-order chi connectivity index (χ0) is 9.03. The van der Waals surface area contributed by atoms with Crippen LogP contribution in [0.4, 0.5) is 0 Å². The maximum atomic E-state index is 2.36. The number of rotatable bonds is 4. The summed E-state index contributed by atoms with van der Waals surface area (Å²) in [6.45, 7) is 6.97. The molecule has 1 heterocycles. The lowest BCUT2D eigenvalue weighted by Gasteiger charge is -2.22. The molecule has 0 nitrogen and oxygen atoms in total. The van der Waals surface area contributed by atoms with Crippen molar-refractivity contribution in [3.8, 4) is 0 Å². The molecular formula is C11H18S. The van der Waals surface area contributed by atoms with E-state index in [0.717, 1.165) is 0 Å². The van der Waals surface area contributed by atoms with Gasteiger partial charge < -0.3 is 0 Å². The highest BCUT2D eigenvalue weighted by Gasteiger charge is 2.17. The van der Waals surface area contributed by atoms with Gasteiger partial charge in [0.05, 0.1) is 0 Å². The maximum Gasteiger partial charge on any atom is 0.00505 e. The molecule has 0 fully saturated rings. The Balaban J connectivity index is 2.50. The van der Waals surface area contributed by atoms with Crippen LogP contribution in [-0.2, 0) is 6.42 Å². The monoisotopic (exact) mass is 182 g/mol. The second-order valence-corrected chi connectivity index (χ2v) is 5.20. The molecule has 0 radical (unpaired) electrons. The van der Waals surface area contributed by atoms with Crippen LogP contribution < -0.4 is 0 Å². The van der Waals surface area contributed by atoms with E-state index in [-0.39, 0.29) is 0 Å². The predicted molar refractivity (Wildman–Crippen MR) is 56.7 cm³/mol. The first-order valence-electron chi connectivity index (χ1n) is 4.66. The molecule has 0 saturated carbocycles. The van der Waals surface area contributed by atoms with Crippen LogP contribution in [0.5, 0.6) is 0 Å². The van der Waals surface area contributed by atoms with Crippen LogP contribution in [-0.4, -0.2) is 0 Å². The average molecular weight is 182 g/mol. The zero-order valence-electron chi connectivity index (χ0n) is 8.26. The summed E-state index contributed by atoms with van der Waals surface area (Å²) in [4.78, 5) is 1.52. The molecule has 12 heavy (non-hydrogen) atoms. The highest BCUT2D eigenvalue weighted by Crippen LogP contribution is 2.28. The van der Waals surface area contributed by atoms with Crippen LogP contribution in [0.15, 0.2) is 17.5 Å². The minimum atomic E-state index is 0.486. The Morgan fingerprint density at radius 2 is 2.17 bits per heavy atom. The first-order valence-corrected chi connectivity index (χ1v) is 5.54. The first-order chi connectivity index (χ1) is 5.64. The largest absolute Gasteiger partial charge is 0.149 e. The van der Waals surface area contributed by atoms with E-state index in [2.05, 4.69) is 38.3 Å². The van der Waals surface area contributed by atoms with Gasteiger partial charge in [0.25, 0.3) is 0 Å². The van der Waals surface area contributed by atoms with Crippen molar-refractivity contribution in [2.24, 2.45) is 5.41 Å². The van der Waals surface area contributed by atoms with Crippen LogP contribution in [0.25, 0.3) is 0 Å². The molecule has 0 aliphatic carbocycles. The topological polar surface area (TPSA) is 0 Å². The lowest BCUT2D eigenvalue weighted by atomic mass is 9.84. The SMILES string of the molecule is CCCC(C)(C)Cc1cccs1. The summed E-state index contributed by atoms with van der Waals surface area (Å²) in [6, 6.07) is 4.38. The Morgan fingerprint density at radius 1 is 1.42 bits per heavy atom. The fourth-order valence-electron chi connectivity index (χ4n) is 1.65. The summed E-state index contributed by atoms with van der Waals surface area (Å²) in [7, 11) is 0. The van der Waals surface area contributed by atoms with E-state index in [4.69, 9.17) is 0 Å². The molecule has 0 aromatic carbocycles. The smallest absolute Gasteiger partial charge is 0.00505 e. The van der Waals surface area contributed by atoms with Crippen LogP contribution in [0, 0.1) is 5.41 Å². The van der Waals surface area contributed by atoms with Crippen molar-refractivity contribution >= 4 is 11.3 Å². The van der Waals surface area contributed by atoms with Gasteiger partial charge in [0.1, 0.15) is 0 Å². The van der Waals surface area contributed by atoms with Gasteiger partial charge in [-0.05, 0) is 29.7 Å². The molecule has 0 saturated heterocycles. The van der Waals surface area contributed by atoms with Crippen molar-refractivity contribution in [3.05, 3.63) is 22.4 Å². The van der Waals surface area contributed by atoms with Crippen molar-refractivity contribution in [2.75, 3.05) is 0 Å². The Morgan fingerprint density at radius 3 is 2.67 bits per heavy atom. The Hall–Kier alpha value is -0.300. The standard InChI is InChI=1S/C11H18S/c1-4-7-11(2,3)9-10-6-5-8-12-10/h5-6,8H,4,7,9H2,1-3H3. The molecule has 0 unspecified atom stereocenters. The van der Waals surface area contributed by atoms with Gasteiger partial charge in [0, 0.05) is 4.88 Å². The fourth-order valence-corrected chi connectivity index (χ4v) is 2.61. The van der Waals surface area contributed by atoms with E-state index in [9.17, 15) is 0 Å². The highest BCUT2D eigenvalue weighted by atomic mass is 32.1. The Kier molecular flexibility index (Phi) is 3.33. The summed E-state index contributed by atoms with van der Waals surface area (Å²) in [6.07, 6.45) is 3.85. The Labute approximate surface area is 79.6 Å². The summed E-state index contributed by atoms with van der Waals surface area (Å²) in [5.74, 6) is 0. The number of thiophene rings is 1. The second-order valence-electron chi connectivity index (χ2n) is 4.17. The van der Waals surface area contributed by atoms with Gasteiger partial charge in [0.15, 0.2) is 0 Å². The van der Waals surface area contributed by atoms with Gasteiger partial charge in [-0.25, -0.2) is 0 Å². The molecule has 1 rings (SSSR count). The molecule has 0 amide bonds. The maximum absolute atomic E-state index is 2.36. The van der Waals surface area contributed by atoms with Crippen LogP contribution in [0.3, 0.4) is 0 Å². The molecule has 0 aliphatic heterocycles. The molecule has 0 spiro atoms. The lowest BCUT2D eigenvalue weighted by Crippen LogP contribution is -2.13. The normalized spacial score (nSPS) is 11.9. The minimum Gasteiger partial charge on any atom is -0.149 e. The van der Waals surface area contributed by atoms with Crippen LogP contribution in [0.1, 0.15) is 38.5 Å². The van der Waals surface area contributed by atoms with E-state index >= 15 is 0 Å². The van der Waals surface area contributed by atoms with Crippen molar-refractivity contribution in [1.29, 1.82) is 0 Å². The highest BCUT2D eigenvalue weighted by molar-refractivity contribution is 7.09. The van der Waals surface area contributed by atoms with Crippen molar-refractivity contribution < 1.29 is 0 Å². The predicted octanol–water partition coefficient (Wildman–Crippen LogP) is 4.12. The molecule has 0 bridgehead atoms. The summed E-state index contributed by atoms with van der Waals surface area (Å²) in [5, 5.41) is 2.16. The van der Waals surface area contributed by atoms with E-state index in [1.807, 2.05) is 11.3 Å². The lowest BCUT2D eigenvalue weighted by molar-refractivity contribution is 0.331. The molecular weight excluding hydrogens is 164 g/mol. The third kappa shape index (κ3) is 2.98. The molecule has 0 atom stereocenters. The second kappa shape index (κ2) is 4.08. The van der Waals surface area contributed by atoms with Crippen molar-refractivity contribution in [3.63, 3.8) is 0 Å². The van der Waals surface area contributed by atoms with Gasteiger partial charge >= 0.3 is 0 Å². The Bertz CT molecular complexity index is 209. The summed E-state index contributed by atoms with van der Waals surface area (Å²) >= 11 is 1.88. The van der Waals surface area contributed by atoms with Gasteiger partial charge in [-0.2, -0.15) is 0 Å². The zero-order valence-corrected chi connectivity index (χ0v) is 9.08. The van der Waals surface area contributed by atoms with Gasteiger partial charge in [-0.3, -0.25) is 0 Å². The third-order valence-electron chi connectivity index (χ3n) is 2.16. The quantitative estimate of drug-likeness (QED) is 0.657. The molecule has 68 valence electrons. The van der Waals surface area contributed by atoms with E-state index in [0.29, 0.717) is 5.41 Å². The van der Waals surface area contributed by atoms with E-state index in [1.54, 1.807) is 0 Å². The number of hydrogen-bond acceptors (Lipinski definition) is 1. The molecule has 1 aromatic heterocycles.